The minimum absolute atomic E-state index is 0. The summed E-state index contributed by atoms with van der Waals surface area (Å²) in [4.78, 5) is 0. The van der Waals surface area contributed by atoms with Gasteiger partial charge in [-0.15, -0.1) is 12.4 Å². The lowest BCUT2D eigenvalue weighted by Gasteiger charge is -2.16. The molecule has 1 rings (SSSR count). The quantitative estimate of drug-likeness (QED) is 0.858. The zero-order chi connectivity index (χ0) is 11.4. The Morgan fingerprint density at radius 2 is 2.00 bits per heavy atom. The van der Waals surface area contributed by atoms with Gasteiger partial charge in [0.05, 0.1) is 7.11 Å². The Balaban J connectivity index is 0.00000225. The highest BCUT2D eigenvalue weighted by Crippen LogP contribution is 2.30. The monoisotopic (exact) mass is 245 g/mol. The number of rotatable bonds is 4. The molecule has 0 amide bonds. The lowest BCUT2D eigenvalue weighted by atomic mass is 9.97. The number of hydrogen-bond donors (Lipinski definition) is 2. The smallest absolute Gasteiger partial charge is 0.120 e. The molecule has 1 atom stereocenters. The van der Waals surface area contributed by atoms with Gasteiger partial charge in [-0.3, -0.25) is 0 Å². The Kier molecular flexibility index (Phi) is 6.22. The van der Waals surface area contributed by atoms with Crippen molar-refractivity contribution in [1.82, 2.24) is 0 Å². The Hall–Kier alpha value is -0.930. The van der Waals surface area contributed by atoms with E-state index >= 15 is 0 Å². The highest BCUT2D eigenvalue weighted by atomic mass is 35.5. The molecule has 3 N–H and O–H groups in total. The molecular weight excluding hydrogens is 226 g/mol. The van der Waals surface area contributed by atoms with E-state index < -0.39 is 0 Å². The highest BCUT2D eigenvalue weighted by Gasteiger charge is 2.13. The van der Waals surface area contributed by atoms with E-state index in [-0.39, 0.29) is 24.2 Å². The van der Waals surface area contributed by atoms with Crippen LogP contribution in [0.5, 0.6) is 11.5 Å². The fourth-order valence-corrected chi connectivity index (χ4v) is 1.59. The van der Waals surface area contributed by atoms with Crippen LogP contribution in [0.15, 0.2) is 18.2 Å². The topological polar surface area (TPSA) is 55.5 Å². The average molecular weight is 246 g/mol. The van der Waals surface area contributed by atoms with Gasteiger partial charge in [-0.25, -0.2) is 0 Å². The normalized spacial score (nSPS) is 12.1. The second-order valence-electron chi connectivity index (χ2n) is 4.16. The molecule has 0 aliphatic carbocycles. The van der Waals surface area contributed by atoms with Gasteiger partial charge in [0.15, 0.2) is 0 Å². The molecule has 0 aromatic heterocycles. The fraction of sp³-hybridized carbons (Fsp3) is 0.500. The van der Waals surface area contributed by atoms with E-state index in [9.17, 15) is 5.11 Å². The molecule has 1 aromatic carbocycles. The van der Waals surface area contributed by atoms with Gasteiger partial charge in [0.25, 0.3) is 0 Å². The number of ether oxygens (including phenoxy) is 1. The average Bonchev–Trinajstić information content (AvgIpc) is 2.17. The summed E-state index contributed by atoms with van der Waals surface area (Å²) < 4.78 is 5.10. The fourth-order valence-electron chi connectivity index (χ4n) is 1.59. The van der Waals surface area contributed by atoms with Crippen LogP contribution in [-0.4, -0.2) is 12.2 Å². The summed E-state index contributed by atoms with van der Waals surface area (Å²) in [5, 5.41) is 9.68. The van der Waals surface area contributed by atoms with Crippen molar-refractivity contribution in [3.05, 3.63) is 23.8 Å². The van der Waals surface area contributed by atoms with E-state index in [0.29, 0.717) is 5.92 Å². The predicted octanol–water partition coefficient (Wildman–Crippen LogP) is 2.87. The number of phenolic OH excluding ortho intramolecular Hbond substituents is 1. The van der Waals surface area contributed by atoms with Crippen LogP contribution in [-0.2, 0) is 0 Å². The number of hydrogen-bond acceptors (Lipinski definition) is 3. The molecule has 16 heavy (non-hydrogen) atoms. The first-order valence-corrected chi connectivity index (χ1v) is 5.17. The molecule has 0 aliphatic heterocycles. The Morgan fingerprint density at radius 3 is 2.50 bits per heavy atom. The van der Waals surface area contributed by atoms with Crippen LogP contribution < -0.4 is 10.5 Å². The maximum absolute atomic E-state index is 9.68. The van der Waals surface area contributed by atoms with Crippen molar-refractivity contribution in [2.45, 2.75) is 26.3 Å². The van der Waals surface area contributed by atoms with Crippen molar-refractivity contribution in [2.75, 3.05) is 7.11 Å². The van der Waals surface area contributed by atoms with E-state index in [2.05, 4.69) is 13.8 Å². The predicted molar refractivity (Wildman–Crippen MR) is 68.3 cm³/mol. The molecule has 0 heterocycles. The molecule has 1 aromatic rings. The van der Waals surface area contributed by atoms with E-state index in [1.54, 1.807) is 25.3 Å². The van der Waals surface area contributed by atoms with Crippen LogP contribution in [0.25, 0.3) is 0 Å². The van der Waals surface area contributed by atoms with E-state index in [1.165, 1.54) is 0 Å². The SMILES string of the molecule is COc1ccc(O)c([C@@H](N)CC(C)C)c1.Cl. The highest BCUT2D eigenvalue weighted by molar-refractivity contribution is 5.85. The van der Waals surface area contributed by atoms with Gasteiger partial charge in [-0.05, 0) is 30.5 Å². The van der Waals surface area contributed by atoms with Gasteiger partial charge >= 0.3 is 0 Å². The molecule has 0 unspecified atom stereocenters. The number of phenols is 1. The van der Waals surface area contributed by atoms with E-state index in [4.69, 9.17) is 10.5 Å². The van der Waals surface area contributed by atoms with Crippen LogP contribution in [0, 0.1) is 5.92 Å². The van der Waals surface area contributed by atoms with Gasteiger partial charge < -0.3 is 15.6 Å². The molecule has 0 saturated heterocycles. The molecule has 0 saturated carbocycles. The zero-order valence-electron chi connectivity index (χ0n) is 9.93. The van der Waals surface area contributed by atoms with Crippen molar-refractivity contribution >= 4 is 12.4 Å². The van der Waals surface area contributed by atoms with Crippen molar-refractivity contribution in [3.8, 4) is 11.5 Å². The summed E-state index contributed by atoms with van der Waals surface area (Å²) in [6.07, 6.45) is 0.848. The Bertz CT molecular complexity index is 329. The zero-order valence-corrected chi connectivity index (χ0v) is 10.8. The van der Waals surface area contributed by atoms with Crippen molar-refractivity contribution in [1.29, 1.82) is 0 Å². The molecule has 0 radical (unpaired) electrons. The molecule has 92 valence electrons. The third kappa shape index (κ3) is 3.91. The Morgan fingerprint density at radius 1 is 1.38 bits per heavy atom. The summed E-state index contributed by atoms with van der Waals surface area (Å²) in [6, 6.07) is 5.00. The molecule has 0 fully saturated rings. The molecule has 3 nitrogen and oxygen atoms in total. The molecule has 0 bridgehead atoms. The molecule has 0 aliphatic rings. The summed E-state index contributed by atoms with van der Waals surface area (Å²) >= 11 is 0. The second kappa shape index (κ2) is 6.61. The maximum atomic E-state index is 9.68. The van der Waals surface area contributed by atoms with Crippen LogP contribution in [0.4, 0.5) is 0 Å². The minimum atomic E-state index is -0.139. The van der Waals surface area contributed by atoms with Gasteiger partial charge in [0.1, 0.15) is 11.5 Å². The number of aromatic hydroxyl groups is 1. The second-order valence-corrected chi connectivity index (χ2v) is 4.16. The summed E-state index contributed by atoms with van der Waals surface area (Å²) in [5.74, 6) is 1.47. The van der Waals surface area contributed by atoms with Crippen LogP contribution in [0.1, 0.15) is 31.9 Å². The van der Waals surface area contributed by atoms with Gasteiger partial charge in [0, 0.05) is 11.6 Å². The molecule has 4 heteroatoms. The largest absolute Gasteiger partial charge is 0.508 e. The number of methoxy groups -OCH3 is 1. The first-order chi connectivity index (χ1) is 7.04. The standard InChI is InChI=1S/C12H19NO2.ClH/c1-8(2)6-11(13)10-7-9(15-3)4-5-12(10)14;/h4-5,7-8,11,14H,6,13H2,1-3H3;1H/t11-;/m0./s1. The Labute approximate surface area is 103 Å². The number of nitrogens with two attached hydrogens (primary N) is 1. The van der Waals surface area contributed by atoms with Crippen molar-refractivity contribution < 1.29 is 9.84 Å². The first-order valence-electron chi connectivity index (χ1n) is 5.17. The minimum Gasteiger partial charge on any atom is -0.508 e. The summed E-state index contributed by atoms with van der Waals surface area (Å²) in [6.45, 7) is 4.22. The lowest BCUT2D eigenvalue weighted by Crippen LogP contribution is -2.13. The molecular formula is C12H20ClNO2. The summed E-state index contributed by atoms with van der Waals surface area (Å²) in [7, 11) is 1.60. The lowest BCUT2D eigenvalue weighted by molar-refractivity contribution is 0.406. The van der Waals surface area contributed by atoms with Crippen LogP contribution in [0.2, 0.25) is 0 Å². The van der Waals surface area contributed by atoms with Crippen molar-refractivity contribution in [3.63, 3.8) is 0 Å². The maximum Gasteiger partial charge on any atom is 0.120 e. The van der Waals surface area contributed by atoms with Gasteiger partial charge in [0.2, 0.25) is 0 Å². The summed E-state index contributed by atoms with van der Waals surface area (Å²) in [5.41, 5.74) is 6.76. The third-order valence-corrected chi connectivity index (χ3v) is 2.36. The van der Waals surface area contributed by atoms with Crippen molar-refractivity contribution in [2.24, 2.45) is 11.7 Å². The first kappa shape index (κ1) is 15.1. The van der Waals surface area contributed by atoms with Gasteiger partial charge in [-0.1, -0.05) is 13.8 Å². The number of halogens is 1. The number of benzene rings is 1. The van der Waals surface area contributed by atoms with Crippen LogP contribution in [0.3, 0.4) is 0 Å². The third-order valence-electron chi connectivity index (χ3n) is 2.36. The van der Waals surface area contributed by atoms with Crippen LogP contribution >= 0.6 is 12.4 Å². The van der Waals surface area contributed by atoms with E-state index in [1.807, 2.05) is 0 Å². The molecule has 0 spiro atoms. The van der Waals surface area contributed by atoms with E-state index in [0.717, 1.165) is 17.7 Å². The van der Waals surface area contributed by atoms with Gasteiger partial charge in [-0.2, -0.15) is 0 Å².